The van der Waals surface area contributed by atoms with Gasteiger partial charge in [-0.25, -0.2) is 9.97 Å². The second kappa shape index (κ2) is 5.01. The summed E-state index contributed by atoms with van der Waals surface area (Å²) in [6.45, 7) is 0.523. The molecule has 0 amide bonds. The van der Waals surface area contributed by atoms with Crippen molar-refractivity contribution in [1.29, 1.82) is 0 Å². The average molecular weight is 295 g/mol. The number of rotatable bonds is 3. The van der Waals surface area contributed by atoms with Gasteiger partial charge >= 0.3 is 0 Å². The van der Waals surface area contributed by atoms with Crippen LogP contribution in [0.2, 0.25) is 0 Å². The van der Waals surface area contributed by atoms with Crippen LogP contribution in [-0.2, 0) is 6.54 Å². The summed E-state index contributed by atoms with van der Waals surface area (Å²) < 4.78 is 0.827. The minimum Gasteiger partial charge on any atom is -0.506 e. The fourth-order valence-corrected chi connectivity index (χ4v) is 1.49. The fraction of sp³-hybridized carbons (Fsp3) is 0.0909. The van der Waals surface area contributed by atoms with Crippen LogP contribution >= 0.6 is 15.9 Å². The van der Waals surface area contributed by atoms with Crippen molar-refractivity contribution in [1.82, 2.24) is 9.97 Å². The number of hydrogen-bond donors (Lipinski definition) is 3. The number of nitrogen functional groups attached to an aromatic ring is 1. The smallest absolute Gasteiger partial charge is 0.222 e. The molecule has 1 heterocycles. The van der Waals surface area contributed by atoms with Gasteiger partial charge in [-0.2, -0.15) is 0 Å². The van der Waals surface area contributed by atoms with Crippen LogP contribution in [0.3, 0.4) is 0 Å². The molecule has 5 nitrogen and oxygen atoms in total. The SMILES string of the molecule is Nc1ccc(CNc2ncc(Br)cn2)cc1O. The number of benzene rings is 1. The van der Waals surface area contributed by atoms with Crippen molar-refractivity contribution >= 4 is 27.6 Å². The summed E-state index contributed by atoms with van der Waals surface area (Å²) >= 11 is 3.26. The van der Waals surface area contributed by atoms with Crippen LogP contribution in [0.15, 0.2) is 35.1 Å². The third-order valence-corrected chi connectivity index (χ3v) is 2.58. The summed E-state index contributed by atoms with van der Waals surface area (Å²) in [6, 6.07) is 5.11. The maximum atomic E-state index is 9.44. The highest BCUT2D eigenvalue weighted by molar-refractivity contribution is 9.10. The van der Waals surface area contributed by atoms with Crippen LogP contribution in [0.25, 0.3) is 0 Å². The van der Waals surface area contributed by atoms with Gasteiger partial charge in [-0.1, -0.05) is 6.07 Å². The number of aromatic hydroxyl groups is 1. The van der Waals surface area contributed by atoms with Gasteiger partial charge in [0.15, 0.2) is 0 Å². The molecule has 0 aliphatic carbocycles. The zero-order valence-corrected chi connectivity index (χ0v) is 10.5. The number of phenols is 1. The Bertz CT molecular complexity index is 515. The monoisotopic (exact) mass is 294 g/mol. The number of phenolic OH excluding ortho intramolecular Hbond substituents is 1. The topological polar surface area (TPSA) is 84.1 Å². The Morgan fingerprint density at radius 2 is 2.00 bits per heavy atom. The third-order valence-electron chi connectivity index (χ3n) is 2.17. The van der Waals surface area contributed by atoms with E-state index in [0.29, 0.717) is 18.2 Å². The number of aromatic nitrogens is 2. The Kier molecular flexibility index (Phi) is 3.43. The molecule has 0 aliphatic rings. The minimum absolute atomic E-state index is 0.0843. The molecule has 0 radical (unpaired) electrons. The van der Waals surface area contributed by atoms with Crippen molar-refractivity contribution in [2.75, 3.05) is 11.1 Å². The maximum Gasteiger partial charge on any atom is 0.222 e. The van der Waals surface area contributed by atoms with Crippen molar-refractivity contribution in [3.8, 4) is 5.75 Å². The summed E-state index contributed by atoms with van der Waals surface area (Å²) in [7, 11) is 0. The van der Waals surface area contributed by atoms with Gasteiger partial charge in [-0.3, -0.25) is 0 Å². The van der Waals surface area contributed by atoms with Gasteiger partial charge in [0.25, 0.3) is 0 Å². The number of anilines is 2. The van der Waals surface area contributed by atoms with E-state index in [9.17, 15) is 5.11 Å². The van der Waals surface area contributed by atoms with E-state index in [1.165, 1.54) is 0 Å². The van der Waals surface area contributed by atoms with Crippen molar-refractivity contribution in [2.24, 2.45) is 0 Å². The lowest BCUT2D eigenvalue weighted by molar-refractivity contribution is 0.477. The van der Waals surface area contributed by atoms with Crippen LogP contribution in [0.5, 0.6) is 5.75 Å². The van der Waals surface area contributed by atoms with E-state index in [0.717, 1.165) is 10.0 Å². The predicted molar refractivity (Wildman–Crippen MR) is 69.6 cm³/mol. The summed E-state index contributed by atoms with van der Waals surface area (Å²) in [6.07, 6.45) is 3.32. The highest BCUT2D eigenvalue weighted by Gasteiger charge is 2.00. The largest absolute Gasteiger partial charge is 0.506 e. The summed E-state index contributed by atoms with van der Waals surface area (Å²) in [5, 5.41) is 12.5. The molecule has 6 heteroatoms. The molecule has 2 aromatic rings. The van der Waals surface area contributed by atoms with Crippen LogP contribution < -0.4 is 11.1 Å². The molecule has 0 spiro atoms. The van der Waals surface area contributed by atoms with Crippen LogP contribution in [0, 0.1) is 0 Å². The van der Waals surface area contributed by atoms with Crippen molar-refractivity contribution in [2.45, 2.75) is 6.54 Å². The number of nitrogens with zero attached hydrogens (tertiary/aromatic N) is 2. The first-order valence-electron chi connectivity index (χ1n) is 4.94. The fourth-order valence-electron chi connectivity index (χ4n) is 1.28. The Balaban J connectivity index is 2.02. The molecule has 0 saturated heterocycles. The third kappa shape index (κ3) is 3.07. The molecule has 2 rings (SSSR count). The quantitative estimate of drug-likeness (QED) is 0.597. The van der Waals surface area contributed by atoms with Gasteiger partial charge in [0.2, 0.25) is 5.95 Å². The van der Waals surface area contributed by atoms with E-state index in [-0.39, 0.29) is 5.75 Å². The summed E-state index contributed by atoms with van der Waals surface area (Å²) in [5.41, 5.74) is 6.79. The maximum absolute atomic E-state index is 9.44. The van der Waals surface area contributed by atoms with Crippen LogP contribution in [0.1, 0.15) is 5.56 Å². The van der Waals surface area contributed by atoms with Crippen molar-refractivity contribution in [3.05, 3.63) is 40.6 Å². The first kappa shape index (κ1) is 11.7. The van der Waals surface area contributed by atoms with E-state index < -0.39 is 0 Å². The van der Waals surface area contributed by atoms with Crippen molar-refractivity contribution in [3.63, 3.8) is 0 Å². The number of hydrogen-bond acceptors (Lipinski definition) is 5. The predicted octanol–water partition coefficient (Wildman–Crippen LogP) is 2.14. The van der Waals surface area contributed by atoms with E-state index in [1.54, 1.807) is 24.5 Å². The summed E-state index contributed by atoms with van der Waals surface area (Å²) in [5.74, 6) is 0.616. The second-order valence-corrected chi connectivity index (χ2v) is 4.39. The van der Waals surface area contributed by atoms with Crippen LogP contribution in [-0.4, -0.2) is 15.1 Å². The first-order valence-corrected chi connectivity index (χ1v) is 5.73. The lowest BCUT2D eigenvalue weighted by Crippen LogP contribution is -2.03. The number of nitrogens with one attached hydrogen (secondary N) is 1. The Labute approximate surface area is 107 Å². The average Bonchev–Trinajstić information content (AvgIpc) is 2.33. The molecular weight excluding hydrogens is 284 g/mol. The minimum atomic E-state index is 0.0843. The van der Waals surface area contributed by atoms with E-state index in [1.807, 2.05) is 6.07 Å². The van der Waals surface area contributed by atoms with Gasteiger partial charge in [0, 0.05) is 18.9 Å². The first-order chi connectivity index (χ1) is 8.15. The second-order valence-electron chi connectivity index (χ2n) is 3.47. The molecule has 0 aliphatic heterocycles. The molecular formula is C11H11BrN4O. The molecule has 1 aromatic heterocycles. The zero-order valence-electron chi connectivity index (χ0n) is 8.89. The normalized spacial score (nSPS) is 10.2. The van der Waals surface area contributed by atoms with E-state index in [4.69, 9.17) is 5.73 Å². The lowest BCUT2D eigenvalue weighted by atomic mass is 10.2. The zero-order chi connectivity index (χ0) is 12.3. The van der Waals surface area contributed by atoms with Crippen LogP contribution in [0.4, 0.5) is 11.6 Å². The lowest BCUT2D eigenvalue weighted by Gasteiger charge is -2.06. The Morgan fingerprint density at radius 3 is 2.65 bits per heavy atom. The number of nitrogens with two attached hydrogens (primary N) is 1. The van der Waals surface area contributed by atoms with E-state index >= 15 is 0 Å². The Hall–Kier alpha value is -1.82. The molecule has 4 N–H and O–H groups in total. The highest BCUT2D eigenvalue weighted by atomic mass is 79.9. The van der Waals surface area contributed by atoms with Crippen molar-refractivity contribution < 1.29 is 5.11 Å². The molecule has 17 heavy (non-hydrogen) atoms. The van der Waals surface area contributed by atoms with Gasteiger partial charge in [-0.15, -0.1) is 0 Å². The highest BCUT2D eigenvalue weighted by Crippen LogP contribution is 2.20. The van der Waals surface area contributed by atoms with Gasteiger partial charge in [0.05, 0.1) is 10.2 Å². The molecule has 88 valence electrons. The van der Waals surface area contributed by atoms with Gasteiger partial charge < -0.3 is 16.2 Å². The van der Waals surface area contributed by atoms with Gasteiger partial charge in [-0.05, 0) is 33.6 Å². The standard InChI is InChI=1S/C11H11BrN4O/c12-8-5-15-11(16-6-8)14-4-7-1-2-9(13)10(17)3-7/h1-3,5-6,17H,4,13H2,(H,14,15,16). The number of halogens is 1. The van der Waals surface area contributed by atoms with Gasteiger partial charge in [0.1, 0.15) is 5.75 Å². The molecule has 0 fully saturated rings. The molecule has 0 saturated carbocycles. The summed E-state index contributed by atoms with van der Waals surface area (Å²) in [4.78, 5) is 8.15. The van der Waals surface area contributed by atoms with E-state index in [2.05, 4.69) is 31.2 Å². The molecule has 0 bridgehead atoms. The Morgan fingerprint density at radius 1 is 1.29 bits per heavy atom. The molecule has 0 unspecified atom stereocenters. The molecule has 0 atom stereocenters. The molecule has 1 aromatic carbocycles.